The zero-order chi connectivity index (χ0) is 40.6. The van der Waals surface area contributed by atoms with Crippen LogP contribution in [0.15, 0.2) is 96.1 Å². The Hall–Kier alpha value is -1.96. The Bertz CT molecular complexity index is 2070. The molecule has 4 aromatic rings. The number of aryl methyl sites for hydroxylation is 2. The second-order valence-corrected chi connectivity index (χ2v) is 51.3. The van der Waals surface area contributed by atoms with Crippen LogP contribution in [0.3, 0.4) is 0 Å². The van der Waals surface area contributed by atoms with Gasteiger partial charge in [-0.3, -0.25) is 0 Å². The quantitative estimate of drug-likeness (QED) is 0.0981. The SMILES string of the molecule is CCc1ccc(-c2cccc3c2C=C(CC2(CC)CCCCCC2)[CH]3[Zr]([CH3])([CH3])(=[SiH2])[CH]2C(CC3(CC)CCCCCC3)=Cc3c(-c4ccc(CC)cc4)cccc32)cc1.Cl.Cl. The van der Waals surface area contributed by atoms with Crippen LogP contribution < -0.4 is 0 Å². The molecule has 8 rings (SSSR count). The molecule has 322 valence electrons. The third-order valence-corrected chi connectivity index (χ3v) is 34.0. The third kappa shape index (κ3) is 9.17. The fourth-order valence-corrected chi connectivity index (χ4v) is 32.8. The van der Waals surface area contributed by atoms with Crippen LogP contribution in [-0.4, -0.2) is 6.88 Å². The van der Waals surface area contributed by atoms with Crippen LogP contribution in [0.2, 0.25) is 9.26 Å². The van der Waals surface area contributed by atoms with Crippen molar-refractivity contribution in [3.63, 3.8) is 0 Å². The first-order valence-corrected chi connectivity index (χ1v) is 37.6. The maximum Gasteiger partial charge on any atom is -0.147 e. The number of halogens is 2. The van der Waals surface area contributed by atoms with Gasteiger partial charge in [-0.2, -0.15) is 0 Å². The van der Waals surface area contributed by atoms with Crippen molar-refractivity contribution in [2.75, 3.05) is 0 Å². The molecule has 0 aromatic heterocycles. The van der Waals surface area contributed by atoms with E-state index < -0.39 is 17.4 Å². The van der Waals surface area contributed by atoms with Gasteiger partial charge in [-0.1, -0.05) is 0 Å². The van der Waals surface area contributed by atoms with Gasteiger partial charge in [0.25, 0.3) is 0 Å². The summed E-state index contributed by atoms with van der Waals surface area (Å²) in [5, 5.41) is 0. The molecule has 4 heteroatoms. The summed E-state index contributed by atoms with van der Waals surface area (Å²) >= 11 is -3.97. The fourth-order valence-electron chi connectivity index (χ4n) is 13.1. The van der Waals surface area contributed by atoms with Crippen molar-refractivity contribution < 1.29 is 17.4 Å². The van der Waals surface area contributed by atoms with Gasteiger partial charge in [-0.25, -0.2) is 0 Å². The van der Waals surface area contributed by atoms with E-state index in [9.17, 15) is 0 Å². The molecule has 2 fully saturated rings. The van der Waals surface area contributed by atoms with Gasteiger partial charge in [0.15, 0.2) is 0 Å². The first-order chi connectivity index (χ1) is 28.0. The summed E-state index contributed by atoms with van der Waals surface area (Å²) in [4.78, 5) is 0. The monoisotopic (exact) mass is 936 g/mol. The first-order valence-electron chi connectivity index (χ1n) is 23.9. The Kier molecular flexibility index (Phi) is 15.4. The molecule has 0 saturated heterocycles. The molecule has 0 radical (unpaired) electrons. The van der Waals surface area contributed by atoms with Crippen LogP contribution in [0, 0.1) is 10.8 Å². The molecule has 0 aliphatic heterocycles. The molecular formula is C56H76Cl2SiZr. The van der Waals surface area contributed by atoms with Crippen molar-refractivity contribution in [2.24, 2.45) is 10.8 Å². The molecule has 0 nitrogen and oxygen atoms in total. The number of hydrogen-bond donors (Lipinski definition) is 0. The van der Waals surface area contributed by atoms with Crippen LogP contribution in [0.25, 0.3) is 34.4 Å². The second kappa shape index (κ2) is 19.4. The van der Waals surface area contributed by atoms with Gasteiger partial charge in [0.05, 0.1) is 0 Å². The van der Waals surface area contributed by atoms with E-state index in [2.05, 4.69) is 141 Å². The summed E-state index contributed by atoms with van der Waals surface area (Å²) in [7, 11) is 0. The molecule has 60 heavy (non-hydrogen) atoms. The molecule has 4 aliphatic rings. The summed E-state index contributed by atoms with van der Waals surface area (Å²) < 4.78 is 6.94. The van der Waals surface area contributed by atoms with E-state index in [1.165, 1.54) is 136 Å². The molecule has 2 unspecified atom stereocenters. The molecule has 0 N–H and O–H groups in total. The van der Waals surface area contributed by atoms with Gasteiger partial charge in [-0.05, 0) is 0 Å². The number of benzene rings is 4. The molecule has 2 atom stereocenters. The minimum absolute atomic E-state index is 0. The number of fused-ring (bicyclic) bond motifs is 2. The Labute approximate surface area is 380 Å². The molecule has 0 bridgehead atoms. The molecule has 0 spiro atoms. The minimum Gasteiger partial charge on any atom is -0.147 e. The molecular weight excluding hydrogens is 863 g/mol. The standard InChI is InChI=1S/2C27H33.2CH3.2ClH.H2Si.Zr/c2*1-3-21-12-14-23(15-13-21)25-11-9-10-24-18-22(19-26(24)25)20-27(4-2)16-7-5-6-8-17-27;;;;;;/h2*9-15,18-19H,3-8,16-17,20H2,1-2H3;2*1H3;2*1H;1H2;. The van der Waals surface area contributed by atoms with E-state index in [4.69, 9.17) is 0 Å². The largest absolute Gasteiger partial charge is 0.147 e. The topological polar surface area (TPSA) is 0 Å². The van der Waals surface area contributed by atoms with Crippen molar-refractivity contribution >= 4 is 43.8 Å². The van der Waals surface area contributed by atoms with Crippen molar-refractivity contribution in [2.45, 2.75) is 160 Å². The summed E-state index contributed by atoms with van der Waals surface area (Å²) in [6.45, 7) is 12.2. The summed E-state index contributed by atoms with van der Waals surface area (Å²) in [6.07, 6.45) is 29.8. The average Bonchev–Trinajstić information content (AvgIpc) is 3.60. The summed E-state index contributed by atoms with van der Waals surface area (Å²) in [6, 6.07) is 34.0. The van der Waals surface area contributed by atoms with E-state index in [0.29, 0.717) is 18.1 Å². The van der Waals surface area contributed by atoms with Gasteiger partial charge >= 0.3 is 359 Å². The number of hydrogen-bond acceptors (Lipinski definition) is 0. The van der Waals surface area contributed by atoms with Crippen molar-refractivity contribution in [1.29, 1.82) is 0 Å². The smallest absolute Gasteiger partial charge is 0.147 e. The zero-order valence-corrected chi connectivity index (χ0v) is 43.6. The van der Waals surface area contributed by atoms with Crippen LogP contribution in [-0.2, 0) is 30.2 Å². The van der Waals surface area contributed by atoms with E-state index in [1.807, 2.05) is 0 Å². The van der Waals surface area contributed by atoms with Gasteiger partial charge in [-0.15, -0.1) is 24.8 Å². The van der Waals surface area contributed by atoms with Gasteiger partial charge < -0.3 is 0 Å². The normalized spacial score (nSPS) is 21.0. The third-order valence-electron chi connectivity index (χ3n) is 16.5. The van der Waals surface area contributed by atoms with Crippen molar-refractivity contribution in [3.05, 3.63) is 129 Å². The maximum absolute atomic E-state index is 3.97. The Morgan fingerprint density at radius 2 is 0.850 bits per heavy atom. The molecule has 4 aromatic carbocycles. The van der Waals surface area contributed by atoms with Crippen LogP contribution >= 0.6 is 24.8 Å². The number of rotatable bonds is 12. The molecule has 2 saturated carbocycles. The predicted molar refractivity (Wildman–Crippen MR) is 269 cm³/mol. The minimum atomic E-state index is -3.97. The van der Waals surface area contributed by atoms with E-state index in [1.54, 1.807) is 33.4 Å². The Morgan fingerprint density at radius 1 is 0.500 bits per heavy atom. The van der Waals surface area contributed by atoms with E-state index >= 15 is 0 Å². The summed E-state index contributed by atoms with van der Waals surface area (Å²) in [5.74, 6) is 0. The fraction of sp³-hybridized carbons (Fsp3) is 0.500. The molecule has 4 aliphatic carbocycles. The van der Waals surface area contributed by atoms with Crippen LogP contribution in [0.4, 0.5) is 0 Å². The van der Waals surface area contributed by atoms with Crippen molar-refractivity contribution in [3.8, 4) is 22.3 Å². The molecule has 0 heterocycles. The van der Waals surface area contributed by atoms with Crippen molar-refractivity contribution in [1.82, 2.24) is 0 Å². The van der Waals surface area contributed by atoms with E-state index in [0.717, 1.165) is 12.8 Å². The Morgan fingerprint density at radius 3 is 1.17 bits per heavy atom. The summed E-state index contributed by atoms with van der Waals surface area (Å²) in [5.41, 5.74) is 19.4. The second-order valence-electron chi connectivity index (χ2n) is 20.8. The zero-order valence-electron chi connectivity index (χ0n) is 38.1. The Balaban J connectivity index is 0.00000302. The van der Waals surface area contributed by atoms with Crippen LogP contribution in [0.5, 0.6) is 0 Å². The number of allylic oxidation sites excluding steroid dienone is 2. The molecule has 0 amide bonds. The predicted octanol–water partition coefficient (Wildman–Crippen LogP) is 17.2. The van der Waals surface area contributed by atoms with E-state index in [-0.39, 0.29) is 24.8 Å². The van der Waals surface area contributed by atoms with Crippen LogP contribution in [0.1, 0.15) is 171 Å². The van der Waals surface area contributed by atoms with Gasteiger partial charge in [0, 0.05) is 0 Å². The average molecular weight is 939 g/mol. The van der Waals surface area contributed by atoms with Gasteiger partial charge in [0.1, 0.15) is 0 Å². The first kappa shape index (κ1) is 47.5. The van der Waals surface area contributed by atoms with Gasteiger partial charge in [0.2, 0.25) is 0 Å². The maximum atomic E-state index is 2.93.